The summed E-state index contributed by atoms with van der Waals surface area (Å²) < 4.78 is 103. The topological polar surface area (TPSA) is 95.9 Å². The summed E-state index contributed by atoms with van der Waals surface area (Å²) >= 11 is 0. The Bertz CT molecular complexity index is 1540. The van der Waals surface area contributed by atoms with Crippen LogP contribution in [0.15, 0.2) is 65.6 Å². The Kier molecular flexibility index (Phi) is 7.83. The van der Waals surface area contributed by atoms with Crippen LogP contribution in [0.1, 0.15) is 19.4 Å². The van der Waals surface area contributed by atoms with Crippen LogP contribution in [0.25, 0.3) is 11.1 Å². The van der Waals surface area contributed by atoms with E-state index in [1.54, 1.807) is 0 Å². The Morgan fingerprint density at radius 2 is 1.80 bits per heavy atom. The lowest BCUT2D eigenvalue weighted by Gasteiger charge is -2.36. The van der Waals surface area contributed by atoms with Gasteiger partial charge in [0.25, 0.3) is 10.0 Å². The van der Waals surface area contributed by atoms with Crippen LogP contribution in [-0.2, 0) is 21.0 Å². The molecule has 0 radical (unpaired) electrons. The monoisotopic (exact) mass is 584 g/mol. The highest BCUT2D eigenvalue weighted by molar-refractivity contribution is 7.92. The van der Waals surface area contributed by atoms with Crippen molar-refractivity contribution in [3.8, 4) is 16.9 Å². The molecular formula is C27H25F5N2O5S. The molecule has 7 nitrogen and oxygen atoms in total. The average molecular weight is 585 g/mol. The molecule has 1 amide bonds. The van der Waals surface area contributed by atoms with Crippen LogP contribution in [0.5, 0.6) is 5.75 Å². The van der Waals surface area contributed by atoms with Crippen LogP contribution >= 0.6 is 0 Å². The molecule has 0 saturated heterocycles. The van der Waals surface area contributed by atoms with Crippen LogP contribution in [0.2, 0.25) is 0 Å². The third kappa shape index (κ3) is 5.89. The first-order chi connectivity index (χ1) is 18.6. The van der Waals surface area contributed by atoms with Gasteiger partial charge in [0.2, 0.25) is 5.91 Å². The number of carbonyl (C=O) groups excluding carboxylic acids is 1. The largest absolute Gasteiger partial charge is 0.484 e. The number of anilines is 1. The molecule has 4 rings (SSSR count). The Morgan fingerprint density at radius 3 is 2.48 bits per heavy atom. The molecule has 0 fully saturated rings. The number of halogens is 5. The lowest BCUT2D eigenvalue weighted by Crippen LogP contribution is -2.50. The Morgan fingerprint density at radius 1 is 1.07 bits per heavy atom. The van der Waals surface area contributed by atoms with Crippen molar-refractivity contribution in [3.05, 3.63) is 77.9 Å². The van der Waals surface area contributed by atoms with Crippen molar-refractivity contribution < 1.29 is 45.0 Å². The summed E-state index contributed by atoms with van der Waals surface area (Å²) in [5, 5.41) is 12.0. The molecule has 0 aliphatic carbocycles. The molecule has 13 heteroatoms. The lowest BCUT2D eigenvalue weighted by molar-refractivity contribution is -0.137. The minimum Gasteiger partial charge on any atom is -0.484 e. The van der Waals surface area contributed by atoms with Crippen molar-refractivity contribution in [1.29, 1.82) is 0 Å². The summed E-state index contributed by atoms with van der Waals surface area (Å²) in [6.07, 6.45) is -5.79. The van der Waals surface area contributed by atoms with E-state index in [0.29, 0.717) is 6.07 Å². The van der Waals surface area contributed by atoms with Crippen molar-refractivity contribution in [2.45, 2.75) is 31.0 Å². The van der Waals surface area contributed by atoms with Gasteiger partial charge in [-0.3, -0.25) is 9.10 Å². The van der Waals surface area contributed by atoms with E-state index in [1.807, 2.05) is 0 Å². The van der Waals surface area contributed by atoms with E-state index in [4.69, 9.17) is 4.74 Å². The molecule has 0 bridgehead atoms. The normalized spacial score (nSPS) is 15.8. The van der Waals surface area contributed by atoms with Gasteiger partial charge in [-0.1, -0.05) is 12.1 Å². The fraction of sp³-hybridized carbons (Fsp3) is 0.296. The Labute approximate surface area is 227 Å². The molecule has 0 aromatic heterocycles. The van der Waals surface area contributed by atoms with Crippen molar-refractivity contribution in [1.82, 2.24) is 5.32 Å². The fourth-order valence-electron chi connectivity index (χ4n) is 4.01. The number of sulfonamides is 1. The highest BCUT2D eigenvalue weighted by Gasteiger charge is 2.38. The van der Waals surface area contributed by atoms with Crippen molar-refractivity contribution in [2.75, 3.05) is 24.0 Å². The highest BCUT2D eigenvalue weighted by Crippen LogP contribution is 2.41. The molecule has 3 aromatic rings. The standard InChI is InChI=1S/C27H25F5N2O5S/c1-26(2,15-35)25(36)33-13-19-14-34(40(37,38)20-5-3-4-17(11-20)27(30,31)32)23-10-16(6-9-24(23)39-19)21-12-18(28)7-8-22(21)29/h3-12,19,35H,13-15H2,1-2H3,(H,33,36)/t19-/m0/s1. The van der Waals surface area contributed by atoms with E-state index in [2.05, 4.69) is 5.32 Å². The Balaban J connectivity index is 1.78. The van der Waals surface area contributed by atoms with Gasteiger partial charge in [0.1, 0.15) is 23.5 Å². The van der Waals surface area contributed by atoms with E-state index in [-0.39, 0.29) is 29.1 Å². The number of ether oxygens (including phenoxy) is 1. The molecule has 0 saturated carbocycles. The SMILES string of the molecule is CC(C)(CO)C(=O)NC[C@H]1CN(S(=O)(=O)c2cccc(C(F)(F)F)c2)c2cc(-c3cc(F)ccc3F)ccc2O1. The van der Waals surface area contributed by atoms with Crippen LogP contribution in [0, 0.1) is 17.0 Å². The van der Waals surface area contributed by atoms with Crippen LogP contribution in [-0.4, -0.2) is 45.2 Å². The minimum atomic E-state index is -4.80. The zero-order chi connectivity index (χ0) is 29.5. The van der Waals surface area contributed by atoms with Gasteiger partial charge in [-0.15, -0.1) is 0 Å². The van der Waals surface area contributed by atoms with Crippen LogP contribution in [0.3, 0.4) is 0 Å². The third-order valence-electron chi connectivity index (χ3n) is 6.38. The molecule has 40 heavy (non-hydrogen) atoms. The van der Waals surface area contributed by atoms with Crippen LogP contribution < -0.4 is 14.4 Å². The zero-order valence-corrected chi connectivity index (χ0v) is 22.1. The number of hydrogen-bond donors (Lipinski definition) is 2. The fourth-order valence-corrected chi connectivity index (χ4v) is 5.55. The predicted octanol–water partition coefficient (Wildman–Crippen LogP) is 4.74. The second-order valence-electron chi connectivity index (χ2n) is 9.86. The molecule has 214 valence electrons. The first kappa shape index (κ1) is 29.3. The molecule has 3 aromatic carbocycles. The maximum Gasteiger partial charge on any atom is 0.416 e. The van der Waals surface area contributed by atoms with E-state index in [9.17, 15) is 40.3 Å². The number of amides is 1. The van der Waals surface area contributed by atoms with E-state index < -0.39 is 68.9 Å². The number of nitrogens with one attached hydrogen (secondary N) is 1. The maximum absolute atomic E-state index is 14.5. The molecule has 0 unspecified atom stereocenters. The molecule has 1 atom stereocenters. The highest BCUT2D eigenvalue weighted by atomic mass is 32.2. The van der Waals surface area contributed by atoms with Gasteiger partial charge >= 0.3 is 6.18 Å². The van der Waals surface area contributed by atoms with E-state index in [1.165, 1.54) is 32.0 Å². The van der Waals surface area contributed by atoms with Crippen molar-refractivity contribution >= 4 is 21.6 Å². The smallest absolute Gasteiger partial charge is 0.416 e. The summed E-state index contributed by atoms with van der Waals surface area (Å²) in [6, 6.07) is 9.90. The van der Waals surface area contributed by atoms with Gasteiger partial charge in [0.05, 0.1) is 41.3 Å². The second kappa shape index (κ2) is 10.7. The lowest BCUT2D eigenvalue weighted by atomic mass is 9.94. The van der Waals surface area contributed by atoms with Gasteiger partial charge in [-0.25, -0.2) is 17.2 Å². The Hall–Kier alpha value is -3.71. The minimum absolute atomic E-state index is 0.0111. The van der Waals surface area contributed by atoms with E-state index >= 15 is 0 Å². The number of benzene rings is 3. The number of hydrogen-bond acceptors (Lipinski definition) is 5. The molecule has 1 aliphatic rings. The third-order valence-corrected chi connectivity index (χ3v) is 8.16. The quantitative estimate of drug-likeness (QED) is 0.391. The first-order valence-electron chi connectivity index (χ1n) is 12.0. The van der Waals surface area contributed by atoms with Crippen molar-refractivity contribution in [3.63, 3.8) is 0 Å². The predicted molar refractivity (Wildman–Crippen MR) is 136 cm³/mol. The molecule has 1 heterocycles. The molecule has 0 spiro atoms. The van der Waals surface area contributed by atoms with Gasteiger partial charge in [0.15, 0.2) is 0 Å². The van der Waals surface area contributed by atoms with Gasteiger partial charge in [-0.05, 0) is 67.9 Å². The van der Waals surface area contributed by atoms with Crippen LogP contribution in [0.4, 0.5) is 27.6 Å². The average Bonchev–Trinajstić information content (AvgIpc) is 2.91. The number of rotatable bonds is 7. The number of aliphatic hydroxyl groups is 1. The number of fused-ring (bicyclic) bond motifs is 1. The van der Waals surface area contributed by atoms with Gasteiger partial charge in [0, 0.05) is 5.56 Å². The molecular weight excluding hydrogens is 559 g/mol. The maximum atomic E-state index is 14.5. The molecule has 1 aliphatic heterocycles. The van der Waals surface area contributed by atoms with Gasteiger partial charge < -0.3 is 15.2 Å². The number of alkyl halides is 3. The molecule has 2 N–H and O–H groups in total. The summed E-state index contributed by atoms with van der Waals surface area (Å²) in [5.74, 6) is -2.06. The summed E-state index contributed by atoms with van der Waals surface area (Å²) in [5.41, 5.74) is -2.50. The zero-order valence-electron chi connectivity index (χ0n) is 21.3. The number of nitrogens with zero attached hydrogens (tertiary/aromatic N) is 1. The van der Waals surface area contributed by atoms with E-state index in [0.717, 1.165) is 40.7 Å². The van der Waals surface area contributed by atoms with Gasteiger partial charge in [-0.2, -0.15) is 13.2 Å². The number of carbonyl (C=O) groups is 1. The second-order valence-corrected chi connectivity index (χ2v) is 11.7. The summed E-state index contributed by atoms with van der Waals surface area (Å²) in [7, 11) is -4.65. The summed E-state index contributed by atoms with van der Waals surface area (Å²) in [4.78, 5) is 11.8. The van der Waals surface area contributed by atoms with Crippen molar-refractivity contribution in [2.24, 2.45) is 5.41 Å². The first-order valence-corrected chi connectivity index (χ1v) is 13.4. The summed E-state index contributed by atoms with van der Waals surface area (Å²) in [6.45, 7) is 1.91. The number of aliphatic hydroxyl groups excluding tert-OH is 1.